The number of amides is 1. The van der Waals surface area contributed by atoms with E-state index in [2.05, 4.69) is 0 Å². The van der Waals surface area contributed by atoms with E-state index < -0.39 is 31.1 Å². The number of sulfonamides is 1. The van der Waals surface area contributed by atoms with E-state index >= 15 is 0 Å². The number of benzene rings is 2. The summed E-state index contributed by atoms with van der Waals surface area (Å²) in [4.78, 5) is 12.3. The molecule has 2 aromatic carbocycles. The number of nitrogens with zero attached hydrogens (tertiary/aromatic N) is 1. The minimum absolute atomic E-state index is 0.109. The quantitative estimate of drug-likeness (QED) is 0.761. The van der Waals surface area contributed by atoms with Gasteiger partial charge in [0.05, 0.1) is 0 Å². The first-order valence-electron chi connectivity index (χ1n) is 5.52. The Balaban J connectivity index is 2.04. The van der Waals surface area contributed by atoms with E-state index in [0.29, 0.717) is 0 Å². The first-order valence-corrected chi connectivity index (χ1v) is 8.59. The minimum atomic E-state index is -3.68. The summed E-state index contributed by atoms with van der Waals surface area (Å²) in [6.45, 7) is 0. The molecule has 4 nitrogen and oxygen atoms in total. The monoisotopic (exact) mass is 339 g/mol. The van der Waals surface area contributed by atoms with Gasteiger partial charge in [-0.15, -0.1) is 0 Å². The number of carbonyl (C=O) groups is 1. The Morgan fingerprint density at radius 2 is 1.53 bits per heavy atom. The van der Waals surface area contributed by atoms with Gasteiger partial charge in [0.25, 0.3) is 0 Å². The van der Waals surface area contributed by atoms with Gasteiger partial charge in [-0.25, -0.2) is 0 Å². The Labute approximate surface area is 117 Å². The van der Waals surface area contributed by atoms with Gasteiger partial charge < -0.3 is 0 Å². The molecule has 6 heteroatoms. The van der Waals surface area contributed by atoms with E-state index in [1.54, 1.807) is 18.2 Å². The van der Waals surface area contributed by atoms with Crippen LogP contribution in [0.3, 0.4) is 0 Å². The van der Waals surface area contributed by atoms with Crippen LogP contribution in [0.15, 0.2) is 59.5 Å². The molecular formula is C13H9NO3SSe. The van der Waals surface area contributed by atoms with Crippen LogP contribution in [0.4, 0.5) is 0 Å². The molecule has 2 aromatic rings. The van der Waals surface area contributed by atoms with Crippen molar-refractivity contribution in [2.45, 2.75) is 4.90 Å². The molecule has 3 rings (SSSR count). The summed E-state index contributed by atoms with van der Waals surface area (Å²) >= 11 is -0.573. The summed E-state index contributed by atoms with van der Waals surface area (Å²) in [5, 5.41) is 0. The third kappa shape index (κ3) is 1.98. The van der Waals surface area contributed by atoms with E-state index in [1.807, 2.05) is 30.3 Å². The predicted molar refractivity (Wildman–Crippen MR) is 71.6 cm³/mol. The SMILES string of the molecule is O=C1c2ccccc2S(=O)(=O)N1[Se]c1ccccc1. The van der Waals surface area contributed by atoms with Gasteiger partial charge in [0.2, 0.25) is 0 Å². The van der Waals surface area contributed by atoms with Crippen LogP contribution in [0, 0.1) is 0 Å². The van der Waals surface area contributed by atoms with Crippen molar-refractivity contribution >= 4 is 35.6 Å². The molecule has 0 aliphatic carbocycles. The molecule has 0 atom stereocenters. The molecule has 0 unspecified atom stereocenters. The van der Waals surface area contributed by atoms with Crippen molar-refractivity contribution in [3.63, 3.8) is 0 Å². The Bertz CT molecular complexity index is 743. The second-order valence-electron chi connectivity index (χ2n) is 3.94. The van der Waals surface area contributed by atoms with Crippen molar-refractivity contribution in [1.29, 1.82) is 0 Å². The van der Waals surface area contributed by atoms with E-state index in [0.717, 1.165) is 7.78 Å². The molecule has 96 valence electrons. The average Bonchev–Trinajstić information content (AvgIpc) is 2.62. The summed E-state index contributed by atoms with van der Waals surface area (Å²) in [6.07, 6.45) is 0. The van der Waals surface area contributed by atoms with Gasteiger partial charge in [0.15, 0.2) is 0 Å². The fourth-order valence-electron chi connectivity index (χ4n) is 1.83. The topological polar surface area (TPSA) is 54.5 Å². The summed E-state index contributed by atoms with van der Waals surface area (Å²) in [5.41, 5.74) is 0.264. The second kappa shape index (κ2) is 4.49. The molecule has 1 aliphatic heterocycles. The normalized spacial score (nSPS) is 16.4. The number of hydrogen-bond acceptors (Lipinski definition) is 3. The van der Waals surface area contributed by atoms with Crippen molar-refractivity contribution in [1.82, 2.24) is 3.32 Å². The maximum atomic E-state index is 12.3. The maximum absolute atomic E-state index is 12.3. The fraction of sp³-hybridized carbons (Fsp3) is 0. The van der Waals surface area contributed by atoms with Crippen molar-refractivity contribution in [2.24, 2.45) is 0 Å². The first kappa shape index (κ1) is 12.4. The molecule has 0 saturated heterocycles. The summed E-state index contributed by atoms with van der Waals surface area (Å²) < 4.78 is 26.5. The molecule has 0 radical (unpaired) electrons. The summed E-state index contributed by atoms with van der Waals surface area (Å²) in [5.74, 6) is -0.431. The van der Waals surface area contributed by atoms with Gasteiger partial charge in [0, 0.05) is 0 Å². The van der Waals surface area contributed by atoms with E-state index in [-0.39, 0.29) is 10.5 Å². The third-order valence-electron chi connectivity index (χ3n) is 2.71. The molecule has 0 fully saturated rings. The molecule has 19 heavy (non-hydrogen) atoms. The van der Waals surface area contributed by atoms with E-state index in [9.17, 15) is 13.2 Å². The molecule has 1 amide bonds. The standard InChI is InChI=1S/C13H9NO3SSe/c15-13-11-8-4-5-9-12(11)18(16,17)14(13)19-10-6-2-1-3-7-10/h1-9H. The van der Waals surface area contributed by atoms with Crippen molar-refractivity contribution in [3.8, 4) is 0 Å². The number of hydrogen-bond donors (Lipinski definition) is 0. The zero-order chi connectivity index (χ0) is 13.5. The number of carbonyl (C=O) groups excluding carboxylic acids is 1. The number of fused-ring (bicyclic) bond motifs is 1. The van der Waals surface area contributed by atoms with Crippen molar-refractivity contribution < 1.29 is 13.2 Å². The molecule has 0 N–H and O–H groups in total. The van der Waals surface area contributed by atoms with Crippen molar-refractivity contribution in [3.05, 3.63) is 60.2 Å². The van der Waals surface area contributed by atoms with Crippen LogP contribution in [-0.4, -0.2) is 32.8 Å². The molecular weight excluding hydrogens is 329 g/mol. The zero-order valence-electron chi connectivity index (χ0n) is 9.68. The Morgan fingerprint density at radius 3 is 2.21 bits per heavy atom. The molecule has 1 heterocycles. The van der Waals surface area contributed by atoms with Crippen LogP contribution >= 0.6 is 0 Å². The molecule has 0 bridgehead atoms. The van der Waals surface area contributed by atoms with Gasteiger partial charge in [0.1, 0.15) is 0 Å². The van der Waals surface area contributed by atoms with Gasteiger partial charge >= 0.3 is 117 Å². The molecule has 0 aromatic heterocycles. The average molecular weight is 338 g/mol. The molecule has 1 aliphatic rings. The van der Waals surface area contributed by atoms with Gasteiger partial charge in [-0.2, -0.15) is 0 Å². The van der Waals surface area contributed by atoms with Crippen LogP contribution in [0.2, 0.25) is 0 Å². The zero-order valence-corrected chi connectivity index (χ0v) is 12.2. The van der Waals surface area contributed by atoms with E-state index in [1.165, 1.54) is 6.07 Å². The van der Waals surface area contributed by atoms with Crippen LogP contribution in [0.1, 0.15) is 10.4 Å². The van der Waals surface area contributed by atoms with Crippen LogP contribution in [0.5, 0.6) is 0 Å². The third-order valence-corrected chi connectivity index (χ3v) is 7.56. The fourth-order valence-corrected chi connectivity index (χ4v) is 6.05. The van der Waals surface area contributed by atoms with Crippen LogP contribution < -0.4 is 4.46 Å². The Hall–Kier alpha value is -1.62. The first-order chi connectivity index (χ1) is 9.10. The molecule has 0 spiro atoms. The summed E-state index contributed by atoms with van der Waals surface area (Å²) in [7, 11) is -3.68. The van der Waals surface area contributed by atoms with Crippen LogP contribution in [0.25, 0.3) is 0 Å². The van der Waals surface area contributed by atoms with Gasteiger partial charge in [-0.3, -0.25) is 0 Å². The van der Waals surface area contributed by atoms with E-state index in [4.69, 9.17) is 0 Å². The summed E-state index contributed by atoms with van der Waals surface area (Å²) in [6, 6.07) is 15.5. The second-order valence-corrected chi connectivity index (χ2v) is 8.35. The Morgan fingerprint density at radius 1 is 0.895 bits per heavy atom. The van der Waals surface area contributed by atoms with Gasteiger partial charge in [-0.05, 0) is 0 Å². The van der Waals surface area contributed by atoms with Crippen LogP contribution in [-0.2, 0) is 10.0 Å². The predicted octanol–water partition coefficient (Wildman–Crippen LogP) is 0.776. The Kier molecular flexibility index (Phi) is 2.93. The molecule has 0 saturated carbocycles. The number of rotatable bonds is 2. The van der Waals surface area contributed by atoms with Crippen molar-refractivity contribution in [2.75, 3.05) is 0 Å². The van der Waals surface area contributed by atoms with Gasteiger partial charge in [-0.1, -0.05) is 0 Å².